The first-order chi connectivity index (χ1) is 11.3. The van der Waals surface area contributed by atoms with Crippen LogP contribution in [0.5, 0.6) is 0 Å². The van der Waals surface area contributed by atoms with Gasteiger partial charge in [0.2, 0.25) is 0 Å². The summed E-state index contributed by atoms with van der Waals surface area (Å²) in [6.07, 6.45) is -1.44. The molecule has 24 heavy (non-hydrogen) atoms. The van der Waals surface area contributed by atoms with Crippen molar-refractivity contribution in [1.29, 1.82) is 0 Å². The zero-order valence-corrected chi connectivity index (χ0v) is 13.1. The van der Waals surface area contributed by atoms with Crippen LogP contribution in [0, 0.1) is 0 Å². The largest absolute Gasteiger partial charge is 0.394 e. The van der Waals surface area contributed by atoms with Crippen molar-refractivity contribution in [2.24, 2.45) is 0 Å². The lowest BCUT2D eigenvalue weighted by atomic mass is 10.1. The number of aryl methyl sites for hydroxylation is 1. The molecule has 0 amide bonds. The lowest BCUT2D eigenvalue weighted by Crippen LogP contribution is -2.35. The van der Waals surface area contributed by atoms with Crippen molar-refractivity contribution in [3.63, 3.8) is 0 Å². The van der Waals surface area contributed by atoms with Crippen molar-refractivity contribution >= 4 is 0 Å². The average molecular weight is 348 g/mol. The Hall–Kier alpha value is -1.24. The standard InChI is InChI=1S/C14H24N2O8/c17-4-5-24-14(22,23)3-1-2-9-6-16-10(7-15-9)12(20)13(21)11(19)8-18/h6-7,11-13,17-23H,1-5,8H2. The lowest BCUT2D eigenvalue weighted by molar-refractivity contribution is -0.342. The first kappa shape index (κ1) is 20.8. The zero-order chi connectivity index (χ0) is 18.2. The first-order valence-electron chi connectivity index (χ1n) is 7.46. The van der Waals surface area contributed by atoms with E-state index in [0.717, 1.165) is 0 Å². The number of hydrogen-bond acceptors (Lipinski definition) is 10. The summed E-state index contributed by atoms with van der Waals surface area (Å²) in [4.78, 5) is 7.95. The fourth-order valence-corrected chi connectivity index (χ4v) is 1.92. The number of hydrogen-bond donors (Lipinski definition) is 7. The van der Waals surface area contributed by atoms with Crippen molar-refractivity contribution in [2.45, 2.75) is 43.5 Å². The normalized spacial score (nSPS) is 16.0. The summed E-state index contributed by atoms with van der Waals surface area (Å²) >= 11 is 0. The van der Waals surface area contributed by atoms with Crippen LogP contribution in [0.15, 0.2) is 12.4 Å². The molecule has 3 unspecified atom stereocenters. The summed E-state index contributed by atoms with van der Waals surface area (Å²) in [7, 11) is 0. The van der Waals surface area contributed by atoms with Crippen molar-refractivity contribution < 1.29 is 40.5 Å². The van der Waals surface area contributed by atoms with Crippen LogP contribution < -0.4 is 0 Å². The number of aliphatic hydroxyl groups is 7. The topological polar surface area (TPSA) is 177 Å². The molecule has 0 aliphatic heterocycles. The van der Waals surface area contributed by atoms with Crippen LogP contribution in [0.3, 0.4) is 0 Å². The quantitative estimate of drug-likeness (QED) is 0.207. The van der Waals surface area contributed by atoms with Gasteiger partial charge < -0.3 is 40.5 Å². The van der Waals surface area contributed by atoms with Crippen molar-refractivity contribution in [2.75, 3.05) is 19.8 Å². The van der Waals surface area contributed by atoms with Crippen LogP contribution in [-0.4, -0.2) is 83.7 Å². The van der Waals surface area contributed by atoms with Gasteiger partial charge in [-0.1, -0.05) is 0 Å². The highest BCUT2D eigenvalue weighted by Gasteiger charge is 2.27. The molecule has 0 fully saturated rings. The number of aromatic nitrogens is 2. The molecule has 3 atom stereocenters. The Labute approximate surface area is 138 Å². The third-order valence-corrected chi connectivity index (χ3v) is 3.29. The van der Waals surface area contributed by atoms with E-state index in [1.165, 1.54) is 12.4 Å². The van der Waals surface area contributed by atoms with Gasteiger partial charge in [-0.25, -0.2) is 0 Å². The van der Waals surface area contributed by atoms with E-state index in [4.69, 9.17) is 10.2 Å². The molecule has 1 heterocycles. The molecule has 0 aromatic carbocycles. The van der Waals surface area contributed by atoms with E-state index in [1.54, 1.807) is 0 Å². The van der Waals surface area contributed by atoms with Crippen molar-refractivity contribution in [1.82, 2.24) is 9.97 Å². The molecule has 0 spiro atoms. The second kappa shape index (κ2) is 9.91. The summed E-state index contributed by atoms with van der Waals surface area (Å²) in [5.74, 6) is -2.32. The Balaban J connectivity index is 2.50. The molecule has 10 heteroatoms. The molecular formula is C14H24N2O8. The van der Waals surface area contributed by atoms with Gasteiger partial charge in [0.1, 0.15) is 18.3 Å². The molecule has 1 aromatic heterocycles. The summed E-state index contributed by atoms with van der Waals surface area (Å²) in [6.45, 7) is -1.22. The Morgan fingerprint density at radius 2 is 1.79 bits per heavy atom. The predicted molar refractivity (Wildman–Crippen MR) is 79.2 cm³/mol. The highest BCUT2D eigenvalue weighted by Crippen LogP contribution is 2.17. The fraction of sp³-hybridized carbons (Fsp3) is 0.714. The van der Waals surface area contributed by atoms with E-state index >= 15 is 0 Å². The van der Waals surface area contributed by atoms with Gasteiger partial charge in [-0.05, 0) is 12.8 Å². The molecule has 1 aromatic rings. The minimum atomic E-state index is -2.32. The smallest absolute Gasteiger partial charge is 0.277 e. The molecular weight excluding hydrogens is 324 g/mol. The Bertz CT molecular complexity index is 470. The van der Waals surface area contributed by atoms with Gasteiger partial charge in [0.05, 0.1) is 37.4 Å². The second-order valence-corrected chi connectivity index (χ2v) is 5.29. The van der Waals surface area contributed by atoms with E-state index in [9.17, 15) is 25.5 Å². The van der Waals surface area contributed by atoms with Gasteiger partial charge in [0.15, 0.2) is 0 Å². The first-order valence-corrected chi connectivity index (χ1v) is 7.46. The van der Waals surface area contributed by atoms with Crippen molar-refractivity contribution in [3.05, 3.63) is 23.8 Å². The monoisotopic (exact) mass is 348 g/mol. The van der Waals surface area contributed by atoms with Crippen LogP contribution >= 0.6 is 0 Å². The summed E-state index contributed by atoms with van der Waals surface area (Å²) in [5.41, 5.74) is 0.546. The molecule has 1 rings (SSSR count). The van der Waals surface area contributed by atoms with Crippen molar-refractivity contribution in [3.8, 4) is 0 Å². The van der Waals surface area contributed by atoms with E-state index in [0.29, 0.717) is 18.5 Å². The molecule has 0 bridgehead atoms. The van der Waals surface area contributed by atoms with Gasteiger partial charge in [-0.2, -0.15) is 0 Å². The lowest BCUT2D eigenvalue weighted by Gasteiger charge is -2.21. The van der Waals surface area contributed by atoms with Crippen LogP contribution in [0.4, 0.5) is 0 Å². The van der Waals surface area contributed by atoms with Gasteiger partial charge in [0, 0.05) is 12.6 Å². The van der Waals surface area contributed by atoms with E-state index in [2.05, 4.69) is 14.7 Å². The highest BCUT2D eigenvalue weighted by molar-refractivity contribution is 5.07. The maximum absolute atomic E-state index is 9.82. The van der Waals surface area contributed by atoms with Gasteiger partial charge in [0.25, 0.3) is 5.97 Å². The fourth-order valence-electron chi connectivity index (χ4n) is 1.92. The molecule has 138 valence electrons. The number of ether oxygens (including phenoxy) is 1. The second-order valence-electron chi connectivity index (χ2n) is 5.29. The van der Waals surface area contributed by atoms with E-state index in [1.807, 2.05) is 0 Å². The van der Waals surface area contributed by atoms with Gasteiger partial charge in [-0.15, -0.1) is 0 Å². The maximum atomic E-state index is 9.82. The molecule has 0 saturated carbocycles. The van der Waals surface area contributed by atoms with E-state index < -0.39 is 30.9 Å². The van der Waals surface area contributed by atoms with Gasteiger partial charge >= 0.3 is 0 Å². The van der Waals surface area contributed by atoms with Crippen LogP contribution in [-0.2, 0) is 11.2 Å². The molecule has 0 radical (unpaired) electrons. The molecule has 0 aliphatic rings. The Kier molecular flexibility index (Phi) is 8.59. The molecule has 0 aliphatic carbocycles. The maximum Gasteiger partial charge on any atom is 0.277 e. The van der Waals surface area contributed by atoms with Gasteiger partial charge in [-0.3, -0.25) is 9.97 Å². The van der Waals surface area contributed by atoms with Crippen LogP contribution in [0.1, 0.15) is 30.3 Å². The third-order valence-electron chi connectivity index (χ3n) is 3.29. The number of aliphatic hydroxyl groups excluding tert-OH is 5. The summed E-state index contributed by atoms with van der Waals surface area (Å²) in [5, 5.41) is 64.9. The van der Waals surface area contributed by atoms with Crippen LogP contribution in [0.2, 0.25) is 0 Å². The molecule has 0 saturated heterocycles. The molecule has 10 nitrogen and oxygen atoms in total. The van der Waals surface area contributed by atoms with Crippen LogP contribution in [0.25, 0.3) is 0 Å². The minimum Gasteiger partial charge on any atom is -0.394 e. The zero-order valence-electron chi connectivity index (χ0n) is 13.1. The summed E-state index contributed by atoms with van der Waals surface area (Å²) < 4.78 is 4.65. The minimum absolute atomic E-state index is 0.0312. The highest BCUT2D eigenvalue weighted by atomic mass is 16.8. The third kappa shape index (κ3) is 6.71. The average Bonchev–Trinajstić information content (AvgIpc) is 2.58. The molecule has 7 N–H and O–H groups in total. The SMILES string of the molecule is OCCOC(O)(O)CCCc1cnc(C(O)C(O)C(O)CO)cn1. The number of nitrogens with zero attached hydrogens (tertiary/aromatic N) is 2. The predicted octanol–water partition coefficient (Wildman–Crippen LogP) is -2.81. The Morgan fingerprint density at radius 3 is 2.33 bits per heavy atom. The summed E-state index contributed by atoms with van der Waals surface area (Å²) in [6, 6.07) is 0. The Morgan fingerprint density at radius 1 is 1.08 bits per heavy atom. The van der Waals surface area contributed by atoms with E-state index in [-0.39, 0.29) is 25.3 Å². The number of rotatable bonds is 11.